The van der Waals surface area contributed by atoms with Gasteiger partial charge in [0.2, 0.25) is 0 Å². The van der Waals surface area contributed by atoms with Crippen molar-refractivity contribution in [2.45, 2.75) is 6.42 Å². The Morgan fingerprint density at radius 1 is 1.36 bits per heavy atom. The van der Waals surface area contributed by atoms with Gasteiger partial charge in [-0.15, -0.1) is 0 Å². The SMILES string of the molecule is O=P(O)(OCl)OCCc1ccccc1. The maximum atomic E-state index is 10.8. The molecule has 0 aliphatic rings. The number of halogens is 1. The van der Waals surface area contributed by atoms with Crippen LogP contribution in [0.25, 0.3) is 0 Å². The van der Waals surface area contributed by atoms with Crippen LogP contribution in [0.15, 0.2) is 30.3 Å². The van der Waals surface area contributed by atoms with Gasteiger partial charge in [0.05, 0.1) is 18.5 Å². The molecular weight excluding hydrogens is 227 g/mol. The lowest BCUT2D eigenvalue weighted by molar-refractivity contribution is 0.210. The van der Waals surface area contributed by atoms with Crippen LogP contribution in [0, 0.1) is 0 Å². The van der Waals surface area contributed by atoms with E-state index in [0.717, 1.165) is 5.56 Å². The molecule has 0 bridgehead atoms. The molecular formula is C8H10ClO4P. The monoisotopic (exact) mass is 236 g/mol. The van der Waals surface area contributed by atoms with Crippen LogP contribution in [0.5, 0.6) is 0 Å². The summed E-state index contributed by atoms with van der Waals surface area (Å²) in [6.45, 7) is 0.0878. The van der Waals surface area contributed by atoms with Gasteiger partial charge in [-0.2, -0.15) is 4.08 Å². The average molecular weight is 237 g/mol. The van der Waals surface area contributed by atoms with E-state index in [1.807, 2.05) is 30.3 Å². The highest BCUT2D eigenvalue weighted by Gasteiger charge is 2.19. The van der Waals surface area contributed by atoms with Gasteiger partial charge in [-0.25, -0.2) is 4.57 Å². The van der Waals surface area contributed by atoms with E-state index in [1.165, 1.54) is 0 Å². The molecule has 6 heteroatoms. The van der Waals surface area contributed by atoms with Crippen molar-refractivity contribution in [1.29, 1.82) is 0 Å². The van der Waals surface area contributed by atoms with E-state index in [4.69, 9.17) is 16.8 Å². The Morgan fingerprint density at radius 2 is 2.00 bits per heavy atom. The quantitative estimate of drug-likeness (QED) is 0.798. The van der Waals surface area contributed by atoms with Crippen LogP contribution in [0.2, 0.25) is 0 Å². The van der Waals surface area contributed by atoms with Gasteiger partial charge in [-0.05, 0) is 12.0 Å². The Morgan fingerprint density at radius 3 is 2.57 bits per heavy atom. The summed E-state index contributed by atoms with van der Waals surface area (Å²) < 4.78 is 19.0. The highest BCUT2D eigenvalue weighted by Crippen LogP contribution is 2.44. The largest absolute Gasteiger partial charge is 0.488 e. The van der Waals surface area contributed by atoms with E-state index in [-0.39, 0.29) is 6.61 Å². The zero-order valence-electron chi connectivity index (χ0n) is 7.30. The molecule has 1 rings (SSSR count). The van der Waals surface area contributed by atoms with Crippen molar-refractivity contribution in [3.8, 4) is 0 Å². The molecule has 0 amide bonds. The highest BCUT2D eigenvalue weighted by atomic mass is 35.5. The minimum atomic E-state index is -4.04. The predicted octanol–water partition coefficient (Wildman–Crippen LogP) is 2.52. The standard InChI is InChI=1S/C8H10ClO4P/c9-13-14(10,11)12-7-6-8-4-2-1-3-5-8/h1-5H,6-7H2,(H,10,11). The lowest BCUT2D eigenvalue weighted by Gasteiger charge is -2.06. The summed E-state index contributed by atoms with van der Waals surface area (Å²) in [7, 11) is -4.04. The van der Waals surface area contributed by atoms with Gasteiger partial charge in [0.25, 0.3) is 0 Å². The average Bonchev–Trinajstić information content (AvgIpc) is 2.19. The minimum absolute atomic E-state index is 0.0878. The molecule has 0 aliphatic heterocycles. The first-order chi connectivity index (χ1) is 6.64. The Kier molecular flexibility index (Phi) is 4.58. The van der Waals surface area contributed by atoms with E-state index < -0.39 is 7.82 Å². The molecule has 1 aromatic carbocycles. The smallest absolute Gasteiger partial charge is 0.302 e. The van der Waals surface area contributed by atoms with Gasteiger partial charge in [0.15, 0.2) is 0 Å². The fraction of sp³-hybridized carbons (Fsp3) is 0.250. The van der Waals surface area contributed by atoms with Crippen LogP contribution in [0.4, 0.5) is 0 Å². The van der Waals surface area contributed by atoms with Crippen LogP contribution in [0.3, 0.4) is 0 Å². The van der Waals surface area contributed by atoms with Gasteiger partial charge in [-0.1, -0.05) is 30.3 Å². The minimum Gasteiger partial charge on any atom is -0.302 e. The van der Waals surface area contributed by atoms with E-state index in [0.29, 0.717) is 6.42 Å². The topological polar surface area (TPSA) is 55.8 Å². The molecule has 0 radical (unpaired) electrons. The van der Waals surface area contributed by atoms with Crippen LogP contribution in [0.1, 0.15) is 5.56 Å². The van der Waals surface area contributed by atoms with Crippen LogP contribution < -0.4 is 0 Å². The number of hydrogen-bond acceptors (Lipinski definition) is 3. The highest BCUT2D eigenvalue weighted by molar-refractivity contribution is 7.48. The maximum Gasteiger partial charge on any atom is 0.488 e. The summed E-state index contributed by atoms with van der Waals surface area (Å²) in [5.74, 6) is 0. The molecule has 0 saturated carbocycles. The number of rotatable bonds is 5. The molecule has 1 unspecified atom stereocenters. The molecule has 1 N–H and O–H groups in total. The number of hydrogen-bond donors (Lipinski definition) is 1. The van der Waals surface area contributed by atoms with Crippen molar-refractivity contribution in [2.75, 3.05) is 6.61 Å². The summed E-state index contributed by atoms with van der Waals surface area (Å²) in [5, 5.41) is 0. The van der Waals surface area contributed by atoms with Gasteiger partial charge in [-0.3, -0.25) is 4.52 Å². The molecule has 0 aliphatic carbocycles. The third kappa shape index (κ3) is 4.22. The number of benzene rings is 1. The van der Waals surface area contributed by atoms with Gasteiger partial charge < -0.3 is 4.89 Å². The summed E-state index contributed by atoms with van der Waals surface area (Å²) in [4.78, 5) is 8.78. The molecule has 1 atom stereocenters. The van der Waals surface area contributed by atoms with Crippen LogP contribution in [-0.4, -0.2) is 11.5 Å². The fourth-order valence-corrected chi connectivity index (χ4v) is 1.42. The molecule has 0 heterocycles. The zero-order valence-corrected chi connectivity index (χ0v) is 8.95. The maximum absolute atomic E-state index is 10.8. The second kappa shape index (κ2) is 5.49. The van der Waals surface area contributed by atoms with Crippen molar-refractivity contribution in [1.82, 2.24) is 0 Å². The molecule has 14 heavy (non-hydrogen) atoms. The molecule has 0 aromatic heterocycles. The molecule has 0 fully saturated rings. The van der Waals surface area contributed by atoms with Gasteiger partial charge in [0, 0.05) is 0 Å². The summed E-state index contributed by atoms with van der Waals surface area (Å²) in [6.07, 6.45) is 0.533. The summed E-state index contributed by atoms with van der Waals surface area (Å²) in [6, 6.07) is 9.45. The van der Waals surface area contributed by atoms with Gasteiger partial charge in [0.1, 0.15) is 0 Å². The zero-order chi connectivity index (χ0) is 10.4. The van der Waals surface area contributed by atoms with E-state index >= 15 is 0 Å². The van der Waals surface area contributed by atoms with E-state index in [9.17, 15) is 4.57 Å². The molecule has 0 spiro atoms. The summed E-state index contributed by atoms with van der Waals surface area (Å²) >= 11 is 4.74. The lowest BCUT2D eigenvalue weighted by atomic mass is 10.2. The Bertz CT molecular complexity index is 316. The molecule has 78 valence electrons. The Balaban J connectivity index is 2.33. The Labute approximate surface area is 87.2 Å². The lowest BCUT2D eigenvalue weighted by Crippen LogP contribution is -1.96. The first-order valence-corrected chi connectivity index (χ1v) is 5.76. The second-order valence-electron chi connectivity index (χ2n) is 2.61. The fourth-order valence-electron chi connectivity index (χ4n) is 0.943. The van der Waals surface area contributed by atoms with Crippen molar-refractivity contribution in [3.63, 3.8) is 0 Å². The number of phosphoric acid groups is 1. The van der Waals surface area contributed by atoms with Gasteiger partial charge >= 0.3 is 7.82 Å². The van der Waals surface area contributed by atoms with E-state index in [1.54, 1.807) is 0 Å². The first-order valence-electron chi connectivity index (χ1n) is 3.95. The molecule has 0 saturated heterocycles. The first kappa shape index (κ1) is 11.7. The van der Waals surface area contributed by atoms with Crippen LogP contribution in [-0.2, 0) is 19.6 Å². The third-order valence-corrected chi connectivity index (χ3v) is 2.78. The number of phosphoric ester groups is 1. The van der Waals surface area contributed by atoms with Crippen LogP contribution >= 0.6 is 19.7 Å². The van der Waals surface area contributed by atoms with Crippen molar-refractivity contribution >= 4 is 19.7 Å². The molecule has 1 aromatic rings. The normalized spacial score (nSPS) is 15.0. The van der Waals surface area contributed by atoms with Crippen molar-refractivity contribution in [3.05, 3.63) is 35.9 Å². The second-order valence-corrected chi connectivity index (χ2v) is 4.35. The van der Waals surface area contributed by atoms with Crippen molar-refractivity contribution < 1.29 is 18.1 Å². The molecule has 4 nitrogen and oxygen atoms in total. The third-order valence-electron chi connectivity index (χ3n) is 1.58. The Hall–Kier alpha value is -0.380. The van der Waals surface area contributed by atoms with E-state index in [2.05, 4.69) is 8.60 Å². The summed E-state index contributed by atoms with van der Waals surface area (Å²) in [5.41, 5.74) is 1.02. The van der Waals surface area contributed by atoms with Crippen molar-refractivity contribution in [2.24, 2.45) is 0 Å². The predicted molar refractivity (Wildman–Crippen MR) is 52.9 cm³/mol.